The summed E-state index contributed by atoms with van der Waals surface area (Å²) in [5.74, 6) is -0.195. The third kappa shape index (κ3) is 4.66. The number of methoxy groups -OCH3 is 1. The Balaban J connectivity index is 2.80. The Kier molecular flexibility index (Phi) is 6.19. The van der Waals surface area contributed by atoms with Crippen molar-refractivity contribution in [2.24, 2.45) is 0 Å². The monoisotopic (exact) mass is 313 g/mol. The molecule has 1 aliphatic rings. The molecule has 1 fully saturated rings. The highest BCUT2D eigenvalue weighted by atomic mass is 28.4. The molecule has 0 unspecified atom stereocenters. The molecule has 5 heteroatoms. The summed E-state index contributed by atoms with van der Waals surface area (Å²) in [5, 5.41) is 3.54. The Morgan fingerprint density at radius 3 is 2.52 bits per heavy atom. The summed E-state index contributed by atoms with van der Waals surface area (Å²) in [5.41, 5.74) is 0. The molecule has 1 N–H and O–H groups in total. The number of carbonyl (C=O) groups excluding carboxylic acids is 1. The van der Waals surface area contributed by atoms with E-state index < -0.39 is 8.32 Å². The fourth-order valence-corrected chi connectivity index (χ4v) is 3.76. The van der Waals surface area contributed by atoms with Crippen LogP contribution in [0.25, 0.3) is 0 Å². The highest BCUT2D eigenvalue weighted by molar-refractivity contribution is 6.74. The number of ether oxygens (including phenoxy) is 1. The van der Waals surface area contributed by atoms with Gasteiger partial charge >= 0.3 is 5.97 Å². The lowest BCUT2D eigenvalue weighted by Gasteiger charge is -2.39. The topological polar surface area (TPSA) is 47.6 Å². The fraction of sp³-hybridized carbons (Fsp3) is 0.812. The van der Waals surface area contributed by atoms with Crippen molar-refractivity contribution in [2.75, 3.05) is 7.11 Å². The lowest BCUT2D eigenvalue weighted by Crippen LogP contribution is -2.47. The van der Waals surface area contributed by atoms with E-state index in [0.29, 0.717) is 6.42 Å². The fourth-order valence-electron chi connectivity index (χ4n) is 2.39. The number of allylic oxidation sites excluding steroid dienone is 1. The molecule has 0 amide bonds. The lowest BCUT2D eigenvalue weighted by atomic mass is 10.1. The number of carbonyl (C=O) groups is 1. The maximum Gasteiger partial charge on any atom is 0.322 e. The maximum atomic E-state index is 11.8. The van der Waals surface area contributed by atoms with Crippen molar-refractivity contribution in [1.29, 1.82) is 0 Å². The van der Waals surface area contributed by atoms with Gasteiger partial charge in [0.05, 0.1) is 13.2 Å². The van der Waals surface area contributed by atoms with Crippen LogP contribution in [-0.2, 0) is 14.0 Å². The minimum Gasteiger partial charge on any atom is -0.468 e. The summed E-state index contributed by atoms with van der Waals surface area (Å²) < 4.78 is 11.4. The first-order chi connectivity index (χ1) is 9.62. The Labute approximate surface area is 130 Å². The quantitative estimate of drug-likeness (QED) is 0.464. The van der Waals surface area contributed by atoms with E-state index in [1.54, 1.807) is 0 Å². The van der Waals surface area contributed by atoms with E-state index in [2.05, 4.69) is 45.8 Å². The van der Waals surface area contributed by atoms with Gasteiger partial charge in [0.25, 0.3) is 0 Å². The zero-order valence-electron chi connectivity index (χ0n) is 14.4. The molecular weight excluding hydrogens is 282 g/mol. The summed E-state index contributed by atoms with van der Waals surface area (Å²) in [4.78, 5) is 11.8. The molecule has 0 radical (unpaired) electrons. The zero-order chi connectivity index (χ0) is 16.3. The zero-order valence-corrected chi connectivity index (χ0v) is 15.4. The van der Waals surface area contributed by atoms with Crippen LogP contribution < -0.4 is 5.32 Å². The van der Waals surface area contributed by atoms with Crippen molar-refractivity contribution >= 4 is 14.3 Å². The summed E-state index contributed by atoms with van der Waals surface area (Å²) in [6.45, 7) is 15.0. The first kappa shape index (κ1) is 18.4. The van der Waals surface area contributed by atoms with E-state index in [-0.39, 0.29) is 29.2 Å². The largest absolute Gasteiger partial charge is 0.468 e. The van der Waals surface area contributed by atoms with Crippen LogP contribution in [0.1, 0.15) is 40.0 Å². The highest BCUT2D eigenvalue weighted by Gasteiger charge is 2.45. The summed E-state index contributed by atoms with van der Waals surface area (Å²) in [6.07, 6.45) is 4.55. The normalized spacial score (nSPS) is 26.7. The van der Waals surface area contributed by atoms with Gasteiger partial charge in [0.1, 0.15) is 6.04 Å². The molecule has 1 aliphatic heterocycles. The van der Waals surface area contributed by atoms with Crippen LogP contribution in [0, 0.1) is 0 Å². The minimum atomic E-state index is -1.84. The van der Waals surface area contributed by atoms with E-state index in [1.807, 2.05) is 6.08 Å². The predicted molar refractivity (Wildman–Crippen MR) is 88.8 cm³/mol. The van der Waals surface area contributed by atoms with Crippen LogP contribution >= 0.6 is 0 Å². The summed E-state index contributed by atoms with van der Waals surface area (Å²) >= 11 is 0. The molecule has 1 saturated heterocycles. The van der Waals surface area contributed by atoms with E-state index in [9.17, 15) is 4.79 Å². The van der Waals surface area contributed by atoms with Crippen LogP contribution in [0.15, 0.2) is 12.7 Å². The smallest absolute Gasteiger partial charge is 0.322 e. The average Bonchev–Trinajstić information content (AvgIpc) is 2.76. The molecule has 21 heavy (non-hydrogen) atoms. The second-order valence-electron chi connectivity index (χ2n) is 7.37. The van der Waals surface area contributed by atoms with E-state index >= 15 is 0 Å². The molecule has 0 bridgehead atoms. The number of hydrogen-bond acceptors (Lipinski definition) is 4. The molecule has 122 valence electrons. The predicted octanol–water partition coefficient (Wildman–Crippen LogP) is 3.25. The second-order valence-corrected chi connectivity index (χ2v) is 12.1. The number of esters is 1. The molecule has 1 rings (SSSR count). The van der Waals surface area contributed by atoms with Crippen molar-refractivity contribution in [2.45, 2.75) is 76.4 Å². The third-order valence-corrected chi connectivity index (χ3v) is 9.26. The molecule has 3 atom stereocenters. The van der Waals surface area contributed by atoms with Crippen molar-refractivity contribution in [3.63, 3.8) is 0 Å². The number of hydrogen-bond donors (Lipinski definition) is 1. The van der Waals surface area contributed by atoms with E-state index in [4.69, 9.17) is 9.16 Å². The van der Waals surface area contributed by atoms with Crippen molar-refractivity contribution < 1.29 is 14.0 Å². The molecule has 0 spiro atoms. The van der Waals surface area contributed by atoms with Gasteiger partial charge in [-0.05, 0) is 37.4 Å². The maximum absolute atomic E-state index is 11.8. The minimum absolute atomic E-state index is 0.0786. The lowest BCUT2D eigenvalue weighted by molar-refractivity contribution is -0.142. The van der Waals surface area contributed by atoms with Gasteiger partial charge in [-0.3, -0.25) is 10.1 Å². The Morgan fingerprint density at radius 1 is 1.43 bits per heavy atom. The van der Waals surface area contributed by atoms with E-state index in [1.165, 1.54) is 7.11 Å². The van der Waals surface area contributed by atoms with Gasteiger partial charge in [-0.25, -0.2) is 0 Å². The molecule has 0 aromatic carbocycles. The Bertz CT molecular complexity index is 376. The van der Waals surface area contributed by atoms with Crippen LogP contribution in [0.4, 0.5) is 0 Å². The Hall–Kier alpha value is -0.653. The highest BCUT2D eigenvalue weighted by Crippen LogP contribution is 2.39. The van der Waals surface area contributed by atoms with Gasteiger partial charge in [-0.15, -0.1) is 6.58 Å². The standard InChI is InChI=1S/C16H31NO3Si/c1-8-9-10-12-14(11-13(17-12)15(18)19-5)20-21(6,7)16(2,3)4/h8,12-14,17H,1,9-11H2,2-7H3/t12-,13-,14+/m0/s1. The molecular formula is C16H31NO3Si. The summed E-state index contributed by atoms with van der Waals surface area (Å²) in [7, 11) is -0.408. The van der Waals surface area contributed by atoms with Crippen LogP contribution in [0.2, 0.25) is 18.1 Å². The number of nitrogens with one attached hydrogen (secondary N) is 1. The number of rotatable bonds is 6. The average molecular weight is 314 g/mol. The van der Waals surface area contributed by atoms with Crippen molar-refractivity contribution in [3.8, 4) is 0 Å². The molecule has 0 aromatic rings. The van der Waals surface area contributed by atoms with Crippen LogP contribution in [0.5, 0.6) is 0 Å². The SMILES string of the molecule is C=CCC[C@@H]1N[C@H](C(=O)OC)C[C@H]1O[Si](C)(C)C(C)(C)C. The van der Waals surface area contributed by atoms with E-state index in [0.717, 1.165) is 12.8 Å². The van der Waals surface area contributed by atoms with Gasteiger partial charge < -0.3 is 9.16 Å². The first-order valence-electron chi connectivity index (χ1n) is 7.75. The molecule has 4 nitrogen and oxygen atoms in total. The third-order valence-electron chi connectivity index (χ3n) is 4.75. The Morgan fingerprint density at radius 2 is 2.05 bits per heavy atom. The van der Waals surface area contributed by atoms with Gasteiger partial charge in [0.2, 0.25) is 0 Å². The van der Waals surface area contributed by atoms with Crippen LogP contribution in [-0.4, -0.2) is 39.6 Å². The van der Waals surface area contributed by atoms with Gasteiger partial charge in [0, 0.05) is 6.04 Å². The molecule has 0 aliphatic carbocycles. The van der Waals surface area contributed by atoms with Gasteiger partial charge in [0.15, 0.2) is 8.32 Å². The van der Waals surface area contributed by atoms with Crippen molar-refractivity contribution in [1.82, 2.24) is 5.32 Å². The second kappa shape index (κ2) is 7.07. The molecule has 1 heterocycles. The first-order valence-corrected chi connectivity index (χ1v) is 10.7. The molecule has 0 saturated carbocycles. The molecule has 0 aromatic heterocycles. The van der Waals surface area contributed by atoms with Crippen molar-refractivity contribution in [3.05, 3.63) is 12.7 Å². The van der Waals surface area contributed by atoms with Gasteiger partial charge in [-0.1, -0.05) is 26.8 Å². The van der Waals surface area contributed by atoms with Gasteiger partial charge in [-0.2, -0.15) is 0 Å². The summed E-state index contributed by atoms with van der Waals surface area (Å²) in [6, 6.07) is -0.0548. The van der Waals surface area contributed by atoms with Crippen LogP contribution in [0.3, 0.4) is 0 Å².